The van der Waals surface area contributed by atoms with Crippen LogP contribution in [0.2, 0.25) is 10.0 Å². The van der Waals surface area contributed by atoms with Gasteiger partial charge in [0.25, 0.3) is 0 Å². The normalized spacial score (nSPS) is 13.0. The Morgan fingerprint density at radius 2 is 1.90 bits per heavy atom. The summed E-state index contributed by atoms with van der Waals surface area (Å²) in [5.74, 6) is -0.627. The summed E-state index contributed by atoms with van der Waals surface area (Å²) in [6, 6.07) is 4.36. The number of nitrogens with one attached hydrogen (secondary N) is 1. The Kier molecular flexibility index (Phi) is 6.26. The Morgan fingerprint density at radius 3 is 2.40 bits per heavy atom. The summed E-state index contributed by atoms with van der Waals surface area (Å²) in [5.41, 5.74) is 0. The minimum absolute atomic E-state index is 0.00552. The van der Waals surface area contributed by atoms with E-state index in [1.807, 2.05) is 0 Å². The molecule has 1 aromatic rings. The van der Waals surface area contributed by atoms with Crippen molar-refractivity contribution in [3.8, 4) is 0 Å². The Hall–Kier alpha value is -0.820. The summed E-state index contributed by atoms with van der Waals surface area (Å²) in [6.45, 7) is 1.81. The van der Waals surface area contributed by atoms with E-state index in [1.165, 1.54) is 32.2 Å². The van der Waals surface area contributed by atoms with Gasteiger partial charge in [-0.05, 0) is 19.1 Å². The lowest BCUT2D eigenvalue weighted by atomic mass is 10.4. The zero-order chi connectivity index (χ0) is 15.3. The van der Waals surface area contributed by atoms with Crippen LogP contribution in [0, 0.1) is 0 Å². The molecule has 1 aromatic carbocycles. The number of benzene rings is 1. The molecular weight excluding hydrogens is 325 g/mol. The minimum Gasteiger partial charge on any atom is -0.383 e. The molecule has 112 valence electrons. The molecule has 0 fully saturated rings. The van der Waals surface area contributed by atoms with Gasteiger partial charge in [-0.2, -0.15) is 0 Å². The molecule has 1 atom stereocenters. The zero-order valence-electron chi connectivity index (χ0n) is 11.0. The Labute approximate surface area is 128 Å². The van der Waals surface area contributed by atoms with Crippen molar-refractivity contribution in [2.24, 2.45) is 0 Å². The van der Waals surface area contributed by atoms with E-state index in [0.29, 0.717) is 6.61 Å². The number of ether oxygens (including phenoxy) is 1. The molecule has 0 spiro atoms. The number of sulfone groups is 1. The first-order chi connectivity index (χ1) is 9.32. The Balaban J connectivity index is 3.01. The van der Waals surface area contributed by atoms with Crippen LogP contribution in [-0.2, 0) is 19.4 Å². The zero-order valence-corrected chi connectivity index (χ0v) is 13.3. The van der Waals surface area contributed by atoms with E-state index < -0.39 is 21.0 Å². The first kappa shape index (κ1) is 17.2. The first-order valence-electron chi connectivity index (χ1n) is 5.77. The topological polar surface area (TPSA) is 72.5 Å². The van der Waals surface area contributed by atoms with Gasteiger partial charge in [0.1, 0.15) is 10.1 Å². The van der Waals surface area contributed by atoms with E-state index in [9.17, 15) is 13.2 Å². The molecule has 0 aliphatic rings. The summed E-state index contributed by atoms with van der Waals surface area (Å²) in [5, 5.41) is 1.16. The highest BCUT2D eigenvalue weighted by molar-refractivity contribution is 7.93. The van der Waals surface area contributed by atoms with E-state index in [4.69, 9.17) is 27.9 Å². The maximum atomic E-state index is 12.4. The summed E-state index contributed by atoms with van der Waals surface area (Å²) in [6.07, 6.45) is 0. The van der Waals surface area contributed by atoms with Crippen LogP contribution in [0.25, 0.3) is 0 Å². The van der Waals surface area contributed by atoms with Crippen molar-refractivity contribution in [3.05, 3.63) is 28.2 Å². The summed E-state index contributed by atoms with van der Waals surface area (Å²) >= 11 is 11.7. The van der Waals surface area contributed by atoms with Gasteiger partial charge in [0.15, 0.2) is 9.84 Å². The molecule has 0 radical (unpaired) electrons. The van der Waals surface area contributed by atoms with Crippen LogP contribution in [-0.4, -0.2) is 39.8 Å². The van der Waals surface area contributed by atoms with Crippen LogP contribution >= 0.6 is 23.2 Å². The molecule has 5 nitrogen and oxygen atoms in total. The van der Waals surface area contributed by atoms with Gasteiger partial charge < -0.3 is 10.1 Å². The molecule has 1 N–H and O–H groups in total. The van der Waals surface area contributed by atoms with Gasteiger partial charge in [-0.25, -0.2) is 8.42 Å². The van der Waals surface area contributed by atoms with Crippen LogP contribution in [0.4, 0.5) is 0 Å². The smallest absolute Gasteiger partial charge is 0.238 e. The van der Waals surface area contributed by atoms with Gasteiger partial charge in [0, 0.05) is 13.7 Å². The van der Waals surface area contributed by atoms with Crippen molar-refractivity contribution in [2.75, 3.05) is 20.3 Å². The third kappa shape index (κ3) is 3.85. The predicted molar refractivity (Wildman–Crippen MR) is 78.0 cm³/mol. The van der Waals surface area contributed by atoms with Crippen LogP contribution in [0.1, 0.15) is 6.92 Å². The van der Waals surface area contributed by atoms with Crippen molar-refractivity contribution in [3.63, 3.8) is 0 Å². The monoisotopic (exact) mass is 339 g/mol. The lowest BCUT2D eigenvalue weighted by Gasteiger charge is -2.15. The first-order valence-corrected chi connectivity index (χ1v) is 8.07. The van der Waals surface area contributed by atoms with Gasteiger partial charge in [-0.15, -0.1) is 0 Å². The van der Waals surface area contributed by atoms with Crippen molar-refractivity contribution in [2.45, 2.75) is 17.1 Å². The average molecular weight is 340 g/mol. The van der Waals surface area contributed by atoms with Crippen LogP contribution in [0.5, 0.6) is 0 Å². The number of carbonyl (C=O) groups excluding carboxylic acids is 1. The predicted octanol–water partition coefficient (Wildman–Crippen LogP) is 1.92. The van der Waals surface area contributed by atoms with Crippen molar-refractivity contribution in [1.82, 2.24) is 5.32 Å². The SMILES string of the molecule is COCCNC(=O)C(C)S(=O)(=O)c1c(Cl)cccc1Cl. The third-order valence-corrected chi connectivity index (χ3v) is 5.65. The summed E-state index contributed by atoms with van der Waals surface area (Å²) in [7, 11) is -2.47. The van der Waals surface area contributed by atoms with E-state index >= 15 is 0 Å². The summed E-state index contributed by atoms with van der Waals surface area (Å²) < 4.78 is 29.5. The molecule has 0 bridgehead atoms. The number of hydrogen-bond acceptors (Lipinski definition) is 4. The van der Waals surface area contributed by atoms with Gasteiger partial charge in [0.05, 0.1) is 16.7 Å². The third-order valence-electron chi connectivity index (χ3n) is 2.64. The van der Waals surface area contributed by atoms with Crippen LogP contribution in [0.15, 0.2) is 23.1 Å². The van der Waals surface area contributed by atoms with E-state index in [2.05, 4.69) is 5.32 Å². The summed E-state index contributed by atoms with van der Waals surface area (Å²) in [4.78, 5) is 11.6. The average Bonchev–Trinajstić information content (AvgIpc) is 2.37. The number of halogens is 2. The molecule has 8 heteroatoms. The molecular formula is C12H15Cl2NO4S. The maximum absolute atomic E-state index is 12.4. The number of amides is 1. The van der Waals surface area contributed by atoms with Gasteiger partial charge in [-0.1, -0.05) is 29.3 Å². The molecule has 0 aliphatic heterocycles. The lowest BCUT2D eigenvalue weighted by Crippen LogP contribution is -2.39. The number of methoxy groups -OCH3 is 1. The van der Waals surface area contributed by atoms with E-state index in [0.717, 1.165) is 0 Å². The Morgan fingerprint density at radius 1 is 1.35 bits per heavy atom. The maximum Gasteiger partial charge on any atom is 0.238 e. The van der Waals surface area contributed by atoms with Gasteiger partial charge in [0.2, 0.25) is 5.91 Å². The molecule has 0 saturated heterocycles. The molecule has 1 unspecified atom stereocenters. The molecule has 0 heterocycles. The number of rotatable bonds is 6. The van der Waals surface area contributed by atoms with Gasteiger partial charge in [-0.3, -0.25) is 4.79 Å². The molecule has 0 saturated carbocycles. The van der Waals surface area contributed by atoms with Crippen molar-refractivity contribution in [1.29, 1.82) is 0 Å². The molecule has 1 amide bonds. The minimum atomic E-state index is -3.95. The van der Waals surface area contributed by atoms with Crippen molar-refractivity contribution < 1.29 is 17.9 Å². The highest BCUT2D eigenvalue weighted by Gasteiger charge is 2.33. The largest absolute Gasteiger partial charge is 0.383 e. The standard InChI is InChI=1S/C12H15Cl2NO4S/c1-8(12(16)15-6-7-19-2)20(17,18)11-9(13)4-3-5-10(11)14/h3-5,8H,6-7H2,1-2H3,(H,15,16). The number of carbonyl (C=O) groups is 1. The molecule has 0 aromatic heterocycles. The molecule has 1 rings (SSSR count). The molecule has 0 aliphatic carbocycles. The fourth-order valence-corrected chi connectivity index (χ4v) is 3.93. The second-order valence-corrected chi connectivity index (χ2v) is 7.04. The van der Waals surface area contributed by atoms with Crippen molar-refractivity contribution >= 4 is 38.9 Å². The van der Waals surface area contributed by atoms with E-state index in [-0.39, 0.29) is 21.5 Å². The highest BCUT2D eigenvalue weighted by Crippen LogP contribution is 2.31. The van der Waals surface area contributed by atoms with E-state index in [1.54, 1.807) is 0 Å². The second-order valence-electron chi connectivity index (χ2n) is 4.02. The molecule has 20 heavy (non-hydrogen) atoms. The fraction of sp³-hybridized carbons (Fsp3) is 0.417. The van der Waals surface area contributed by atoms with Crippen LogP contribution < -0.4 is 5.32 Å². The van der Waals surface area contributed by atoms with Crippen LogP contribution in [0.3, 0.4) is 0 Å². The lowest BCUT2D eigenvalue weighted by molar-refractivity contribution is -0.120. The second kappa shape index (κ2) is 7.26. The highest BCUT2D eigenvalue weighted by atomic mass is 35.5. The van der Waals surface area contributed by atoms with Gasteiger partial charge >= 0.3 is 0 Å². The number of hydrogen-bond donors (Lipinski definition) is 1. The quantitative estimate of drug-likeness (QED) is 0.803. The Bertz CT molecular complexity index is 569. The fourth-order valence-electron chi connectivity index (χ4n) is 1.49.